The molecule has 90 valence electrons. The highest BCUT2D eigenvalue weighted by atomic mass is 16.4. The zero-order valence-corrected chi connectivity index (χ0v) is 10.4. The van der Waals surface area contributed by atoms with Gasteiger partial charge in [-0.25, -0.2) is 0 Å². The van der Waals surface area contributed by atoms with Crippen molar-refractivity contribution in [3.63, 3.8) is 0 Å². The van der Waals surface area contributed by atoms with Crippen molar-refractivity contribution in [1.82, 2.24) is 0 Å². The molecule has 0 spiro atoms. The van der Waals surface area contributed by atoms with Crippen molar-refractivity contribution < 1.29 is 9.52 Å². The molecular weight excluding hydrogens is 212 g/mol. The van der Waals surface area contributed by atoms with Crippen LogP contribution in [0.2, 0.25) is 0 Å². The number of aliphatic hydroxyl groups is 1. The minimum atomic E-state index is -0.745. The first-order valence-corrected chi connectivity index (χ1v) is 6.30. The van der Waals surface area contributed by atoms with Crippen LogP contribution in [0.15, 0.2) is 28.7 Å². The van der Waals surface area contributed by atoms with Crippen LogP contribution < -0.4 is 0 Å². The lowest BCUT2D eigenvalue weighted by molar-refractivity contribution is 0.0200. The molecule has 0 aliphatic heterocycles. The van der Waals surface area contributed by atoms with Crippen molar-refractivity contribution in [2.24, 2.45) is 5.92 Å². The Morgan fingerprint density at radius 1 is 1.41 bits per heavy atom. The molecule has 0 radical (unpaired) electrons. The van der Waals surface area contributed by atoms with Gasteiger partial charge in [0.1, 0.15) is 16.9 Å². The molecule has 2 atom stereocenters. The highest BCUT2D eigenvalue weighted by molar-refractivity contribution is 5.81. The molecule has 2 heteroatoms. The van der Waals surface area contributed by atoms with Gasteiger partial charge in [-0.15, -0.1) is 0 Å². The fourth-order valence-electron chi connectivity index (χ4n) is 2.93. The van der Waals surface area contributed by atoms with Crippen molar-refractivity contribution in [1.29, 1.82) is 0 Å². The molecule has 3 rings (SSSR count). The van der Waals surface area contributed by atoms with Gasteiger partial charge in [0.15, 0.2) is 0 Å². The number of hydrogen-bond donors (Lipinski definition) is 1. The third-order valence-electron chi connectivity index (χ3n) is 3.94. The first-order valence-electron chi connectivity index (χ1n) is 6.30. The van der Waals surface area contributed by atoms with E-state index in [0.29, 0.717) is 5.92 Å². The lowest BCUT2D eigenvalue weighted by Crippen LogP contribution is -2.20. The van der Waals surface area contributed by atoms with E-state index >= 15 is 0 Å². The third kappa shape index (κ3) is 1.67. The van der Waals surface area contributed by atoms with Crippen molar-refractivity contribution in [3.8, 4) is 0 Å². The van der Waals surface area contributed by atoms with Crippen molar-refractivity contribution in [3.05, 3.63) is 35.6 Å². The van der Waals surface area contributed by atoms with Gasteiger partial charge >= 0.3 is 0 Å². The van der Waals surface area contributed by atoms with Gasteiger partial charge < -0.3 is 9.52 Å². The molecule has 0 amide bonds. The highest BCUT2D eigenvalue weighted by Crippen LogP contribution is 2.43. The largest absolute Gasteiger partial charge is 0.458 e. The van der Waals surface area contributed by atoms with Gasteiger partial charge in [0.2, 0.25) is 0 Å². The van der Waals surface area contributed by atoms with E-state index in [-0.39, 0.29) is 0 Å². The Labute approximate surface area is 101 Å². The van der Waals surface area contributed by atoms with E-state index in [1.54, 1.807) is 0 Å². The van der Waals surface area contributed by atoms with Gasteiger partial charge in [-0.1, -0.05) is 25.1 Å². The molecule has 2 nitrogen and oxygen atoms in total. The van der Waals surface area contributed by atoms with Crippen LogP contribution in [-0.4, -0.2) is 5.11 Å². The Morgan fingerprint density at radius 2 is 2.24 bits per heavy atom. The maximum absolute atomic E-state index is 10.6. The molecule has 2 aromatic rings. The van der Waals surface area contributed by atoms with Gasteiger partial charge in [-0.2, -0.15) is 0 Å². The van der Waals surface area contributed by atoms with Crippen LogP contribution >= 0.6 is 0 Å². The molecule has 1 fully saturated rings. The Bertz CT molecular complexity index is 555. The molecule has 0 saturated heterocycles. The monoisotopic (exact) mass is 230 g/mol. The van der Waals surface area contributed by atoms with Gasteiger partial charge in [-0.3, -0.25) is 0 Å². The molecule has 17 heavy (non-hydrogen) atoms. The van der Waals surface area contributed by atoms with Crippen molar-refractivity contribution in [2.75, 3.05) is 0 Å². The molecule has 1 aliphatic carbocycles. The number of aryl methyl sites for hydroxylation is 1. The van der Waals surface area contributed by atoms with E-state index in [2.05, 4.69) is 6.92 Å². The minimum absolute atomic E-state index is 0.578. The fraction of sp³-hybridized carbons (Fsp3) is 0.467. The zero-order valence-electron chi connectivity index (χ0n) is 10.4. The summed E-state index contributed by atoms with van der Waals surface area (Å²) in [6.45, 7) is 4.23. The second-order valence-electron chi connectivity index (χ2n) is 5.48. The van der Waals surface area contributed by atoms with Crippen LogP contribution in [0.25, 0.3) is 11.0 Å². The van der Waals surface area contributed by atoms with Gasteiger partial charge in [0, 0.05) is 5.39 Å². The van der Waals surface area contributed by atoms with E-state index in [0.717, 1.165) is 41.6 Å². The maximum Gasteiger partial charge on any atom is 0.137 e. The van der Waals surface area contributed by atoms with E-state index in [9.17, 15) is 5.11 Å². The van der Waals surface area contributed by atoms with Crippen LogP contribution in [0.3, 0.4) is 0 Å². The summed E-state index contributed by atoms with van der Waals surface area (Å²) in [7, 11) is 0. The van der Waals surface area contributed by atoms with E-state index in [1.165, 1.54) is 0 Å². The number of furan rings is 1. The third-order valence-corrected chi connectivity index (χ3v) is 3.94. The molecule has 2 unspecified atom stereocenters. The van der Waals surface area contributed by atoms with Gasteiger partial charge in [-0.05, 0) is 43.7 Å². The summed E-state index contributed by atoms with van der Waals surface area (Å²) in [5, 5.41) is 11.7. The summed E-state index contributed by atoms with van der Waals surface area (Å²) in [6.07, 6.45) is 2.70. The number of fused-ring (bicyclic) bond motifs is 1. The molecule has 1 aliphatic rings. The number of benzene rings is 1. The zero-order chi connectivity index (χ0) is 12.0. The second-order valence-corrected chi connectivity index (χ2v) is 5.48. The summed E-state index contributed by atoms with van der Waals surface area (Å²) in [5.41, 5.74) is 1.30. The Morgan fingerprint density at radius 3 is 2.88 bits per heavy atom. The first kappa shape index (κ1) is 10.8. The normalized spacial score (nSPS) is 29.0. The quantitative estimate of drug-likeness (QED) is 0.809. The lowest BCUT2D eigenvalue weighted by atomic mass is 9.97. The van der Waals surface area contributed by atoms with Gasteiger partial charge in [0.05, 0.1) is 0 Å². The van der Waals surface area contributed by atoms with E-state index in [4.69, 9.17) is 4.42 Å². The molecule has 0 bridgehead atoms. The smallest absolute Gasteiger partial charge is 0.137 e. The first-order chi connectivity index (χ1) is 8.08. The average Bonchev–Trinajstić information content (AvgIpc) is 2.85. The van der Waals surface area contributed by atoms with Crippen LogP contribution in [0.5, 0.6) is 0 Å². The SMILES string of the molecule is Cc1cccc2cc(C3(O)CCC(C)C3)oc12. The van der Waals surface area contributed by atoms with Crippen LogP contribution in [0.1, 0.15) is 37.5 Å². The maximum atomic E-state index is 10.6. The predicted molar refractivity (Wildman–Crippen MR) is 67.9 cm³/mol. The van der Waals surface area contributed by atoms with Crippen LogP contribution in [-0.2, 0) is 5.60 Å². The predicted octanol–water partition coefficient (Wildman–Crippen LogP) is 3.75. The molecule has 1 saturated carbocycles. The summed E-state index contributed by atoms with van der Waals surface area (Å²) in [6, 6.07) is 8.10. The lowest BCUT2D eigenvalue weighted by Gasteiger charge is -2.19. The van der Waals surface area contributed by atoms with E-state index in [1.807, 2.05) is 31.2 Å². The summed E-state index contributed by atoms with van der Waals surface area (Å²) in [5.74, 6) is 1.32. The average molecular weight is 230 g/mol. The molecule has 1 aromatic carbocycles. The summed E-state index contributed by atoms with van der Waals surface area (Å²) in [4.78, 5) is 0. The van der Waals surface area contributed by atoms with Crippen molar-refractivity contribution >= 4 is 11.0 Å². The van der Waals surface area contributed by atoms with Crippen LogP contribution in [0, 0.1) is 12.8 Å². The van der Waals surface area contributed by atoms with Crippen LogP contribution in [0.4, 0.5) is 0 Å². The molecule has 1 N–H and O–H groups in total. The fourth-order valence-corrected chi connectivity index (χ4v) is 2.93. The highest BCUT2D eigenvalue weighted by Gasteiger charge is 2.39. The molecule has 1 aromatic heterocycles. The number of hydrogen-bond acceptors (Lipinski definition) is 2. The number of para-hydroxylation sites is 1. The topological polar surface area (TPSA) is 33.4 Å². The molecular formula is C15H18O2. The Balaban J connectivity index is 2.10. The standard InChI is InChI=1S/C15H18O2/c1-10-6-7-15(16,9-10)13-8-12-5-3-4-11(2)14(12)17-13/h3-5,8,10,16H,6-7,9H2,1-2H3. The Kier molecular flexibility index (Phi) is 2.30. The Hall–Kier alpha value is -1.28. The summed E-state index contributed by atoms with van der Waals surface area (Å²) < 4.78 is 5.88. The molecule has 1 heterocycles. The second kappa shape index (κ2) is 3.61. The summed E-state index contributed by atoms with van der Waals surface area (Å²) >= 11 is 0. The van der Waals surface area contributed by atoms with E-state index < -0.39 is 5.60 Å². The minimum Gasteiger partial charge on any atom is -0.458 e. The van der Waals surface area contributed by atoms with Gasteiger partial charge in [0.25, 0.3) is 0 Å². The number of rotatable bonds is 1. The van der Waals surface area contributed by atoms with Crippen molar-refractivity contribution in [2.45, 2.75) is 38.7 Å².